The molecule has 0 aromatic rings. The van der Waals surface area contributed by atoms with Gasteiger partial charge in [-0.15, -0.1) is 0 Å². The van der Waals surface area contributed by atoms with E-state index in [1.54, 1.807) is 0 Å². The zero-order chi connectivity index (χ0) is 38.5. The largest absolute Gasteiger partial charge is 0.462 e. The standard InChI is InChI=1S/C44H69NO7S/c1-5-6-7-8-9-10-11-12-13-14-15-16-17-18-19-20-42(48)52-35-27-28-43(3)34(31-35)22-23-36-38-25-24-37(44(38,4)40(46)32-39(36)43)33(2)21-26-41(47)45-29-30-53(49,50)51/h6-7,9-10,12-13,15-16,18-19,33-40,46H,5,8,11,14,17,20-32H2,1-4H3,(H,45,47)(H,49,50,51)/b7-6-,10-9-,13-12-,16-15-,19-18-. The molecule has 10 atom stereocenters. The van der Waals surface area contributed by atoms with E-state index in [0.29, 0.717) is 48.9 Å². The van der Waals surface area contributed by atoms with Crippen molar-refractivity contribution in [2.24, 2.45) is 46.3 Å². The second-order valence-corrected chi connectivity index (χ2v) is 18.5. The Kier molecular flexibility index (Phi) is 16.7. The molecular formula is C44H69NO7S. The van der Waals surface area contributed by atoms with Crippen LogP contribution >= 0.6 is 0 Å². The van der Waals surface area contributed by atoms with E-state index in [0.717, 1.165) is 83.5 Å². The summed E-state index contributed by atoms with van der Waals surface area (Å²) in [6.07, 6.45) is 35.2. The number of rotatable bonds is 19. The highest BCUT2D eigenvalue weighted by Crippen LogP contribution is 2.68. The first kappa shape index (κ1) is 43.2. The average Bonchev–Trinajstić information content (AvgIpc) is 3.47. The maximum absolute atomic E-state index is 12.8. The lowest BCUT2D eigenvalue weighted by atomic mass is 9.43. The van der Waals surface area contributed by atoms with E-state index in [9.17, 15) is 23.1 Å². The molecule has 4 rings (SSSR count). The van der Waals surface area contributed by atoms with Crippen LogP contribution in [0.1, 0.15) is 130 Å². The highest BCUT2D eigenvalue weighted by atomic mass is 32.2. The van der Waals surface area contributed by atoms with Crippen LogP contribution in [0.25, 0.3) is 0 Å². The van der Waals surface area contributed by atoms with Crippen LogP contribution in [0.2, 0.25) is 0 Å². The van der Waals surface area contributed by atoms with Crippen molar-refractivity contribution >= 4 is 22.0 Å². The lowest BCUT2D eigenvalue weighted by Crippen LogP contribution is -2.59. The first-order valence-corrected chi connectivity index (χ1v) is 22.2. The van der Waals surface area contributed by atoms with Crippen molar-refractivity contribution in [1.82, 2.24) is 5.32 Å². The molecule has 0 aromatic carbocycles. The van der Waals surface area contributed by atoms with Gasteiger partial charge in [-0.25, -0.2) is 0 Å². The summed E-state index contributed by atoms with van der Waals surface area (Å²) in [5.74, 6) is 1.77. The third-order valence-corrected chi connectivity index (χ3v) is 14.5. The van der Waals surface area contributed by atoms with Crippen molar-refractivity contribution < 1.29 is 32.4 Å². The fourth-order valence-corrected chi connectivity index (χ4v) is 11.2. The number of carbonyl (C=O) groups is 2. The number of allylic oxidation sites excluding steroid dienone is 9. The molecule has 9 heteroatoms. The van der Waals surface area contributed by atoms with E-state index in [2.05, 4.69) is 81.6 Å². The van der Waals surface area contributed by atoms with Gasteiger partial charge >= 0.3 is 5.97 Å². The summed E-state index contributed by atoms with van der Waals surface area (Å²) in [4.78, 5) is 25.2. The van der Waals surface area contributed by atoms with Crippen molar-refractivity contribution in [3.8, 4) is 0 Å². The molecule has 0 bridgehead atoms. The first-order valence-electron chi connectivity index (χ1n) is 20.6. The van der Waals surface area contributed by atoms with Gasteiger partial charge in [-0.2, -0.15) is 8.42 Å². The number of amides is 1. The molecule has 4 aliphatic rings. The summed E-state index contributed by atoms with van der Waals surface area (Å²) in [6, 6.07) is 0. The molecule has 4 fully saturated rings. The highest BCUT2D eigenvalue weighted by molar-refractivity contribution is 7.85. The third kappa shape index (κ3) is 12.0. The van der Waals surface area contributed by atoms with Crippen LogP contribution in [-0.2, 0) is 24.4 Å². The Morgan fingerprint density at radius 1 is 0.849 bits per heavy atom. The summed E-state index contributed by atoms with van der Waals surface area (Å²) in [7, 11) is -4.10. The molecule has 8 nitrogen and oxygen atoms in total. The van der Waals surface area contributed by atoms with Crippen LogP contribution in [-0.4, -0.2) is 54.5 Å². The molecular weight excluding hydrogens is 687 g/mol. The first-order chi connectivity index (χ1) is 25.3. The Morgan fingerprint density at radius 3 is 2.09 bits per heavy atom. The van der Waals surface area contributed by atoms with Gasteiger partial charge in [0, 0.05) is 13.0 Å². The van der Waals surface area contributed by atoms with Crippen LogP contribution in [0.4, 0.5) is 0 Å². The predicted molar refractivity (Wildman–Crippen MR) is 213 cm³/mol. The van der Waals surface area contributed by atoms with E-state index in [4.69, 9.17) is 9.29 Å². The fourth-order valence-electron chi connectivity index (χ4n) is 10.9. The molecule has 3 N–H and O–H groups in total. The number of hydrogen-bond donors (Lipinski definition) is 3. The van der Waals surface area contributed by atoms with E-state index in [1.807, 2.05) is 12.2 Å². The zero-order valence-electron chi connectivity index (χ0n) is 33.0. The molecule has 0 radical (unpaired) electrons. The van der Waals surface area contributed by atoms with Crippen molar-refractivity contribution in [2.75, 3.05) is 12.3 Å². The number of carbonyl (C=O) groups excluding carboxylic acids is 2. The number of nitrogens with one attached hydrogen (secondary N) is 1. The van der Waals surface area contributed by atoms with Crippen LogP contribution in [0, 0.1) is 46.3 Å². The normalized spacial score (nSPS) is 33.8. The van der Waals surface area contributed by atoms with Gasteiger partial charge in [0.25, 0.3) is 10.1 Å². The Balaban J connectivity index is 1.19. The molecule has 0 saturated heterocycles. The molecule has 53 heavy (non-hydrogen) atoms. The molecule has 4 saturated carbocycles. The molecule has 1 amide bonds. The van der Waals surface area contributed by atoms with Crippen molar-refractivity contribution in [3.05, 3.63) is 60.8 Å². The van der Waals surface area contributed by atoms with Crippen LogP contribution in [0.15, 0.2) is 60.8 Å². The minimum absolute atomic E-state index is 0.0272. The number of aliphatic hydroxyl groups excluding tert-OH is 1. The minimum Gasteiger partial charge on any atom is -0.462 e. The van der Waals surface area contributed by atoms with Gasteiger partial charge < -0.3 is 15.2 Å². The Morgan fingerprint density at radius 2 is 1.47 bits per heavy atom. The van der Waals surface area contributed by atoms with Crippen molar-refractivity contribution in [1.29, 1.82) is 0 Å². The van der Waals surface area contributed by atoms with E-state index in [-0.39, 0.29) is 47.4 Å². The number of hydrogen-bond acceptors (Lipinski definition) is 6. The SMILES string of the molecule is CC/C=C\C/C=C\C/C=C\C/C=C\C/C=C\CC(=O)OC1CCC2(C)C(CCC3C2CC(O)C2(C)C(C(C)CCC(=O)NCCS(=O)(=O)O)CCC32)C1. The van der Waals surface area contributed by atoms with Crippen molar-refractivity contribution in [2.45, 2.75) is 143 Å². The lowest BCUT2D eigenvalue weighted by Gasteiger charge is -2.62. The monoisotopic (exact) mass is 755 g/mol. The Labute approximate surface area is 320 Å². The van der Waals surface area contributed by atoms with Gasteiger partial charge in [-0.05, 0) is 136 Å². The van der Waals surface area contributed by atoms with E-state index >= 15 is 0 Å². The second kappa shape index (κ2) is 20.4. The average molecular weight is 756 g/mol. The lowest BCUT2D eigenvalue weighted by molar-refractivity contribution is -0.181. The molecule has 10 unspecified atom stereocenters. The van der Waals surface area contributed by atoms with E-state index in [1.165, 1.54) is 0 Å². The maximum Gasteiger partial charge on any atom is 0.309 e. The number of ether oxygens (including phenoxy) is 1. The molecule has 298 valence electrons. The van der Waals surface area contributed by atoms with Gasteiger partial charge in [0.05, 0.1) is 18.3 Å². The van der Waals surface area contributed by atoms with Gasteiger partial charge in [-0.3, -0.25) is 14.1 Å². The maximum atomic E-state index is 12.8. The van der Waals surface area contributed by atoms with Gasteiger partial charge in [0.15, 0.2) is 0 Å². The fraction of sp³-hybridized carbons (Fsp3) is 0.727. The molecule has 0 spiro atoms. The zero-order valence-corrected chi connectivity index (χ0v) is 33.8. The number of esters is 1. The number of fused-ring (bicyclic) bond motifs is 5. The summed E-state index contributed by atoms with van der Waals surface area (Å²) in [5, 5.41) is 14.5. The summed E-state index contributed by atoms with van der Waals surface area (Å²) < 4.78 is 36.9. The van der Waals surface area contributed by atoms with Crippen LogP contribution in [0.5, 0.6) is 0 Å². The highest BCUT2D eigenvalue weighted by Gasteiger charge is 2.63. The number of aliphatic hydroxyl groups is 1. The minimum atomic E-state index is -4.10. The topological polar surface area (TPSA) is 130 Å². The van der Waals surface area contributed by atoms with Gasteiger partial charge in [0.2, 0.25) is 5.91 Å². The smallest absolute Gasteiger partial charge is 0.309 e. The Hall–Kier alpha value is -2.49. The molecule has 0 heterocycles. The van der Waals surface area contributed by atoms with E-state index < -0.39 is 15.9 Å². The molecule has 0 aromatic heterocycles. The van der Waals surface area contributed by atoms with Crippen LogP contribution in [0.3, 0.4) is 0 Å². The summed E-state index contributed by atoms with van der Waals surface area (Å²) in [5.41, 5.74) is -0.0384. The Bertz CT molecular complexity index is 1450. The molecule has 4 aliphatic carbocycles. The van der Waals surface area contributed by atoms with Crippen LogP contribution < -0.4 is 5.32 Å². The van der Waals surface area contributed by atoms with Gasteiger partial charge in [0.1, 0.15) is 6.10 Å². The third-order valence-electron chi connectivity index (χ3n) is 13.7. The quantitative estimate of drug-likeness (QED) is 0.0681. The summed E-state index contributed by atoms with van der Waals surface area (Å²) in [6.45, 7) is 9.01. The second-order valence-electron chi connectivity index (χ2n) is 16.9. The van der Waals surface area contributed by atoms with Gasteiger partial charge in [-0.1, -0.05) is 88.5 Å². The predicted octanol–water partition coefficient (Wildman–Crippen LogP) is 9.09. The van der Waals surface area contributed by atoms with Crippen molar-refractivity contribution in [3.63, 3.8) is 0 Å². The summed E-state index contributed by atoms with van der Waals surface area (Å²) >= 11 is 0. The molecule has 0 aliphatic heterocycles.